The summed E-state index contributed by atoms with van der Waals surface area (Å²) in [6, 6.07) is 7.77. The summed E-state index contributed by atoms with van der Waals surface area (Å²) in [6.45, 7) is 0.688. The van der Waals surface area contributed by atoms with Crippen molar-refractivity contribution >= 4 is 28.6 Å². The first-order chi connectivity index (χ1) is 9.33. The predicted molar refractivity (Wildman–Crippen MR) is 78.5 cm³/mol. The smallest absolute Gasteiger partial charge is 0.129 e. The van der Waals surface area contributed by atoms with Crippen molar-refractivity contribution in [3.63, 3.8) is 0 Å². The minimum absolute atomic E-state index is 0.494. The number of aromatic nitrogens is 3. The Balaban J connectivity index is 1.74. The second-order valence-electron chi connectivity index (χ2n) is 3.97. The van der Waals surface area contributed by atoms with Crippen LogP contribution < -0.4 is 5.32 Å². The van der Waals surface area contributed by atoms with Gasteiger partial charge in [0.25, 0.3) is 0 Å². The highest BCUT2D eigenvalue weighted by Crippen LogP contribution is 2.26. The van der Waals surface area contributed by atoms with Crippen LogP contribution in [-0.4, -0.2) is 15.2 Å². The van der Waals surface area contributed by atoms with Crippen molar-refractivity contribution in [3.05, 3.63) is 52.8 Å². The van der Waals surface area contributed by atoms with Gasteiger partial charge in [-0.3, -0.25) is 5.10 Å². The van der Waals surface area contributed by atoms with E-state index >= 15 is 0 Å². The van der Waals surface area contributed by atoms with Gasteiger partial charge in [-0.1, -0.05) is 17.7 Å². The van der Waals surface area contributed by atoms with E-state index < -0.39 is 0 Å². The monoisotopic (exact) mass is 290 g/mol. The maximum absolute atomic E-state index is 5.75. The molecule has 3 rings (SSSR count). The summed E-state index contributed by atoms with van der Waals surface area (Å²) in [5, 5.41) is 13.0. The fourth-order valence-electron chi connectivity index (χ4n) is 1.76. The van der Waals surface area contributed by atoms with Crippen molar-refractivity contribution in [1.29, 1.82) is 0 Å². The Labute approximate surface area is 119 Å². The zero-order chi connectivity index (χ0) is 13.1. The highest BCUT2D eigenvalue weighted by Gasteiger charge is 2.08. The van der Waals surface area contributed by atoms with Crippen LogP contribution in [0.5, 0.6) is 0 Å². The second kappa shape index (κ2) is 5.42. The Morgan fingerprint density at radius 2 is 2.21 bits per heavy atom. The van der Waals surface area contributed by atoms with E-state index in [1.807, 2.05) is 18.3 Å². The zero-order valence-corrected chi connectivity index (χ0v) is 11.5. The highest BCUT2D eigenvalue weighted by molar-refractivity contribution is 7.13. The maximum atomic E-state index is 5.75. The van der Waals surface area contributed by atoms with Gasteiger partial charge in [-0.25, -0.2) is 4.98 Å². The van der Waals surface area contributed by atoms with Crippen molar-refractivity contribution < 1.29 is 0 Å². The van der Waals surface area contributed by atoms with E-state index in [-0.39, 0.29) is 0 Å². The maximum Gasteiger partial charge on any atom is 0.129 e. The summed E-state index contributed by atoms with van der Waals surface area (Å²) >= 11 is 7.44. The molecule has 0 radical (unpaired) electrons. The van der Waals surface area contributed by atoms with Crippen molar-refractivity contribution in [3.8, 4) is 10.6 Å². The average molecular weight is 291 g/mol. The summed E-state index contributed by atoms with van der Waals surface area (Å²) in [4.78, 5) is 5.22. The lowest BCUT2D eigenvalue weighted by Crippen LogP contribution is -1.99. The SMILES string of the molecule is Clc1ccc(NCc2cn[nH]c2-c2cccs2)cn1. The van der Waals surface area contributed by atoms with Gasteiger partial charge in [-0.2, -0.15) is 5.10 Å². The molecule has 0 aliphatic carbocycles. The quantitative estimate of drug-likeness (QED) is 0.719. The molecular formula is C13H11ClN4S. The first-order valence-corrected chi connectivity index (χ1v) is 7.00. The van der Waals surface area contributed by atoms with Crippen LogP contribution in [0.15, 0.2) is 42.0 Å². The molecule has 0 saturated carbocycles. The van der Waals surface area contributed by atoms with Gasteiger partial charge in [0.15, 0.2) is 0 Å². The predicted octanol–water partition coefficient (Wildman–Crippen LogP) is 3.80. The van der Waals surface area contributed by atoms with Gasteiger partial charge in [0.2, 0.25) is 0 Å². The molecule has 3 aromatic rings. The van der Waals surface area contributed by atoms with Crippen LogP contribution in [0, 0.1) is 0 Å². The highest BCUT2D eigenvalue weighted by atomic mass is 35.5. The van der Waals surface area contributed by atoms with Crippen LogP contribution >= 0.6 is 22.9 Å². The van der Waals surface area contributed by atoms with E-state index in [2.05, 4.69) is 31.9 Å². The Kier molecular flexibility index (Phi) is 3.48. The van der Waals surface area contributed by atoms with Gasteiger partial charge < -0.3 is 5.32 Å². The number of H-pyrrole nitrogens is 1. The molecule has 3 aromatic heterocycles. The van der Waals surface area contributed by atoms with Crippen molar-refractivity contribution in [2.45, 2.75) is 6.54 Å². The van der Waals surface area contributed by atoms with Gasteiger partial charge in [-0.15, -0.1) is 11.3 Å². The Hall–Kier alpha value is -1.85. The first-order valence-electron chi connectivity index (χ1n) is 5.74. The molecule has 4 nitrogen and oxygen atoms in total. The fraction of sp³-hybridized carbons (Fsp3) is 0.0769. The van der Waals surface area contributed by atoms with Crippen molar-refractivity contribution in [2.75, 3.05) is 5.32 Å². The molecular weight excluding hydrogens is 280 g/mol. The molecule has 0 bridgehead atoms. The Morgan fingerprint density at radius 3 is 2.95 bits per heavy atom. The molecule has 0 aromatic carbocycles. The van der Waals surface area contributed by atoms with Crippen LogP contribution in [0.25, 0.3) is 10.6 Å². The van der Waals surface area contributed by atoms with Gasteiger partial charge in [0, 0.05) is 12.1 Å². The summed E-state index contributed by atoms with van der Waals surface area (Å²) in [7, 11) is 0. The van der Waals surface area contributed by atoms with E-state index in [4.69, 9.17) is 11.6 Å². The number of hydrogen-bond donors (Lipinski definition) is 2. The Morgan fingerprint density at radius 1 is 1.26 bits per heavy atom. The molecule has 0 aliphatic rings. The number of thiophene rings is 1. The molecule has 0 unspecified atom stereocenters. The van der Waals surface area contributed by atoms with Gasteiger partial charge >= 0.3 is 0 Å². The number of aromatic amines is 1. The summed E-state index contributed by atoms with van der Waals surface area (Å²) in [5.41, 5.74) is 3.12. The van der Waals surface area contributed by atoms with E-state index in [9.17, 15) is 0 Å². The molecule has 0 amide bonds. The molecule has 19 heavy (non-hydrogen) atoms. The number of halogens is 1. The molecule has 0 saturated heterocycles. The minimum atomic E-state index is 0.494. The summed E-state index contributed by atoms with van der Waals surface area (Å²) in [5.74, 6) is 0. The van der Waals surface area contributed by atoms with Gasteiger partial charge in [0.05, 0.1) is 28.7 Å². The van der Waals surface area contributed by atoms with E-state index in [0.717, 1.165) is 16.9 Å². The van der Waals surface area contributed by atoms with E-state index in [1.54, 1.807) is 23.6 Å². The van der Waals surface area contributed by atoms with Crippen molar-refractivity contribution in [2.24, 2.45) is 0 Å². The summed E-state index contributed by atoms with van der Waals surface area (Å²) in [6.07, 6.45) is 3.55. The van der Waals surface area contributed by atoms with Crippen molar-refractivity contribution in [1.82, 2.24) is 15.2 Å². The summed E-state index contributed by atoms with van der Waals surface area (Å²) < 4.78 is 0. The lowest BCUT2D eigenvalue weighted by molar-refractivity contribution is 1.10. The largest absolute Gasteiger partial charge is 0.380 e. The third-order valence-corrected chi connectivity index (χ3v) is 3.81. The van der Waals surface area contributed by atoms with E-state index in [1.165, 1.54) is 4.88 Å². The van der Waals surface area contributed by atoms with E-state index in [0.29, 0.717) is 11.7 Å². The first kappa shape index (κ1) is 12.2. The molecule has 0 fully saturated rings. The Bertz CT molecular complexity index is 646. The van der Waals surface area contributed by atoms with Crippen LogP contribution in [0.2, 0.25) is 5.15 Å². The molecule has 0 spiro atoms. The molecule has 3 heterocycles. The van der Waals surface area contributed by atoms with Crippen LogP contribution in [0.1, 0.15) is 5.56 Å². The normalized spacial score (nSPS) is 10.6. The standard InChI is InChI=1S/C13H11ClN4S/c14-12-4-3-10(8-16-12)15-6-9-7-17-18-13(9)11-2-1-5-19-11/h1-5,7-8,15H,6H2,(H,17,18). The number of rotatable bonds is 4. The zero-order valence-electron chi connectivity index (χ0n) is 9.93. The number of pyridine rings is 1. The number of nitrogens with zero attached hydrogens (tertiary/aromatic N) is 2. The lowest BCUT2D eigenvalue weighted by Gasteiger charge is -2.05. The van der Waals surface area contributed by atoms with Crippen LogP contribution in [-0.2, 0) is 6.54 Å². The van der Waals surface area contributed by atoms with Crippen LogP contribution in [0.3, 0.4) is 0 Å². The molecule has 6 heteroatoms. The third-order valence-electron chi connectivity index (χ3n) is 2.70. The number of hydrogen-bond acceptors (Lipinski definition) is 4. The van der Waals surface area contributed by atoms with Gasteiger partial charge in [-0.05, 0) is 23.6 Å². The number of nitrogens with one attached hydrogen (secondary N) is 2. The van der Waals surface area contributed by atoms with Gasteiger partial charge in [0.1, 0.15) is 5.15 Å². The molecule has 0 aliphatic heterocycles. The number of anilines is 1. The molecule has 2 N–H and O–H groups in total. The average Bonchev–Trinajstić information content (AvgIpc) is 3.08. The minimum Gasteiger partial charge on any atom is -0.380 e. The fourth-order valence-corrected chi connectivity index (χ4v) is 2.62. The molecule has 0 atom stereocenters. The topological polar surface area (TPSA) is 53.6 Å². The third kappa shape index (κ3) is 2.77. The molecule has 96 valence electrons. The second-order valence-corrected chi connectivity index (χ2v) is 5.31. The lowest BCUT2D eigenvalue weighted by atomic mass is 10.2. The van der Waals surface area contributed by atoms with Crippen LogP contribution in [0.4, 0.5) is 5.69 Å².